The molecule has 2 aliphatic rings. The van der Waals surface area contributed by atoms with E-state index in [2.05, 4.69) is 154 Å². The lowest BCUT2D eigenvalue weighted by atomic mass is 9.81. The van der Waals surface area contributed by atoms with Crippen molar-refractivity contribution in [1.82, 2.24) is 4.90 Å². The fraction of sp³-hybridized carbons (Fsp3) is 0.956. The Bertz CT molecular complexity index is 1590. The number of hydrogen-bond acceptors (Lipinski definition) is 12. The van der Waals surface area contributed by atoms with Gasteiger partial charge in [-0.15, -0.1) is 5.11 Å². The molecule has 0 aliphatic carbocycles. The molecule has 0 saturated carbocycles. The average molecular weight is 1160 g/mol. The number of carbonyl (C=O) groups is 2. The van der Waals surface area contributed by atoms with Crippen LogP contribution in [-0.2, 0) is 9.59 Å². The minimum absolute atomic E-state index is 0.0339. The number of β-amino-alcohol motifs (C(OH)–C–C–N with tert-alkyl or cyclic N) is 1. The first-order valence-electron chi connectivity index (χ1n) is 31.7. The maximum Gasteiger partial charge on any atom is 0.222 e. The van der Waals surface area contributed by atoms with Crippen LogP contribution < -0.4 is 0 Å². The number of aliphatic hydroxyl groups is 7. The molecule has 7 N–H and O–H groups in total. The molecule has 0 aromatic heterocycles. The zero-order valence-corrected chi connectivity index (χ0v) is 58.8. The molecule has 2 heterocycles. The van der Waals surface area contributed by atoms with Gasteiger partial charge in [0.2, 0.25) is 5.91 Å². The van der Waals surface area contributed by atoms with Gasteiger partial charge in [-0.3, -0.25) is 9.59 Å². The summed E-state index contributed by atoms with van der Waals surface area (Å²) >= 11 is 0. The van der Waals surface area contributed by atoms with Crippen molar-refractivity contribution in [2.45, 2.75) is 346 Å². The Kier molecular flexibility index (Phi) is 46.5. The van der Waals surface area contributed by atoms with Crippen LogP contribution in [0.2, 0.25) is 0 Å². The standard InChI is InChI=1S/C14H28O2.C13H25NO2.C10H22O3.C9H17N3O.C8H18O.2C7H16/c1-6-14(5,11-15)10-12(16)8-7-9-13(2,3)4;1-10-8-14(9-11(10)15)12(16)6-5-7-13(2,3)4;1-5-7(11)9(13)8(12)6-10(2,3)4;1-9(2,3)5-7(13)4-8-10-6-11-12-8;1-5-7(9)6-8(2,3)4;2*1-5-6-7(2,3)4/h15H,6-11H2,1-5H3;10-11,15H,5-9H2,1-4H3;7-9,11-13H,5-6H2,1-4H3;7,13H,4-6H2,1-3H3;7,9H,5-6H2,1-4H3;2*5-6H2,1-4H3. The number of nitrogens with zero attached hydrogens (tertiary/aromatic N) is 4. The van der Waals surface area contributed by atoms with Crippen molar-refractivity contribution in [3.05, 3.63) is 0 Å². The van der Waals surface area contributed by atoms with Gasteiger partial charge in [-0.1, -0.05) is 207 Å². The number of amidine groups is 1. The molecule has 8 unspecified atom stereocenters. The largest absolute Gasteiger partial charge is 0.396 e. The summed E-state index contributed by atoms with van der Waals surface area (Å²) in [6.45, 7) is 61.5. The van der Waals surface area contributed by atoms with Crippen LogP contribution >= 0.6 is 0 Å². The Morgan fingerprint density at radius 1 is 0.556 bits per heavy atom. The van der Waals surface area contributed by atoms with Crippen LogP contribution in [0.3, 0.4) is 0 Å². The molecule has 1 amide bonds. The Morgan fingerprint density at radius 3 is 1.26 bits per heavy atom. The number of amides is 1. The van der Waals surface area contributed by atoms with E-state index in [1.54, 1.807) is 11.8 Å². The summed E-state index contributed by atoms with van der Waals surface area (Å²) in [4.78, 5) is 29.4. The van der Waals surface area contributed by atoms with E-state index in [9.17, 15) is 45.3 Å². The number of aliphatic imine (C=N–C) groups is 1. The van der Waals surface area contributed by atoms with Gasteiger partial charge in [-0.05, 0) is 120 Å². The van der Waals surface area contributed by atoms with Gasteiger partial charge >= 0.3 is 0 Å². The van der Waals surface area contributed by atoms with Crippen LogP contribution in [0.25, 0.3) is 0 Å². The van der Waals surface area contributed by atoms with E-state index >= 15 is 0 Å². The predicted molar refractivity (Wildman–Crippen MR) is 347 cm³/mol. The Balaban J connectivity index is -0.000000283. The maximum atomic E-state index is 11.8. The number of likely N-dealkylation sites (tertiary alicyclic amines) is 1. The van der Waals surface area contributed by atoms with Crippen molar-refractivity contribution in [2.75, 3.05) is 26.4 Å². The lowest BCUT2D eigenvalue weighted by Crippen LogP contribution is -2.39. The van der Waals surface area contributed by atoms with Crippen LogP contribution in [-0.4, -0.2) is 121 Å². The summed E-state index contributed by atoms with van der Waals surface area (Å²) in [6.07, 6.45) is 12.6. The number of ketones is 1. The zero-order valence-electron chi connectivity index (χ0n) is 58.8. The van der Waals surface area contributed by atoms with Crippen molar-refractivity contribution in [1.29, 1.82) is 0 Å². The first kappa shape index (κ1) is 87.9. The summed E-state index contributed by atoms with van der Waals surface area (Å²) in [5.74, 6) is 1.40. The fourth-order valence-corrected chi connectivity index (χ4v) is 8.70. The lowest BCUT2D eigenvalue weighted by Gasteiger charge is -2.27. The lowest BCUT2D eigenvalue weighted by molar-refractivity contribution is -0.130. The minimum Gasteiger partial charge on any atom is -0.396 e. The second-order valence-corrected chi connectivity index (χ2v) is 32.5. The molecule has 0 bridgehead atoms. The van der Waals surface area contributed by atoms with Crippen molar-refractivity contribution >= 4 is 17.5 Å². The highest BCUT2D eigenvalue weighted by Crippen LogP contribution is 2.29. The first-order chi connectivity index (χ1) is 36.3. The number of azo groups is 1. The van der Waals surface area contributed by atoms with E-state index in [1.165, 1.54) is 25.7 Å². The maximum absolute atomic E-state index is 11.8. The SMILES string of the molecule is CC(C)(C)CC(O)CC1=NCN=N1.CC1CN(C(=O)CCCC(C)(C)C)CC1O.CCC(C)(CO)CC(=O)CCCC(C)(C)C.CCC(O)C(O)C(O)CC(C)(C)C.CCC(O)CC(C)(C)C.CCCC(C)(C)C.CCCC(C)(C)C. The molecule has 488 valence electrons. The summed E-state index contributed by atoms with van der Waals surface area (Å²) in [6, 6.07) is 0. The molecule has 2 aliphatic heterocycles. The highest BCUT2D eigenvalue weighted by atomic mass is 16.4. The van der Waals surface area contributed by atoms with E-state index in [-0.39, 0.29) is 58.4 Å². The molecule has 0 radical (unpaired) electrons. The number of carbonyl (C=O) groups excluding carboxylic acids is 2. The van der Waals surface area contributed by atoms with Crippen molar-refractivity contribution in [3.63, 3.8) is 0 Å². The minimum atomic E-state index is -1.02. The highest BCUT2D eigenvalue weighted by molar-refractivity contribution is 5.83. The zero-order chi connectivity index (χ0) is 65.0. The number of hydrogen-bond donors (Lipinski definition) is 7. The molecule has 0 spiro atoms. The Hall–Kier alpha value is -1.87. The van der Waals surface area contributed by atoms with Crippen molar-refractivity contribution < 1.29 is 45.3 Å². The monoisotopic (exact) mass is 1160 g/mol. The molecule has 2 rings (SSSR count). The molecule has 81 heavy (non-hydrogen) atoms. The molecule has 8 atom stereocenters. The van der Waals surface area contributed by atoms with E-state index in [1.807, 2.05) is 48.5 Å². The van der Waals surface area contributed by atoms with Gasteiger partial charge in [-0.25, -0.2) is 4.99 Å². The third-order valence-electron chi connectivity index (χ3n) is 13.6. The second-order valence-electron chi connectivity index (χ2n) is 32.5. The second kappa shape index (κ2) is 42.9. The summed E-state index contributed by atoms with van der Waals surface area (Å²) in [7, 11) is 0. The molecular weight excluding hydrogens is 1020 g/mol. The van der Waals surface area contributed by atoms with Gasteiger partial charge in [0.15, 0.2) is 6.67 Å². The normalized spacial score (nSPS) is 18.3. The molecule has 13 nitrogen and oxygen atoms in total. The highest BCUT2D eigenvalue weighted by Gasteiger charge is 2.31. The number of rotatable bonds is 21. The molecule has 0 aromatic rings. The summed E-state index contributed by atoms with van der Waals surface area (Å²) in [5.41, 5.74) is 1.89. The van der Waals surface area contributed by atoms with Gasteiger partial charge in [0.05, 0.1) is 30.5 Å². The number of Topliss-reactive ketones (excluding diaryl/α,β-unsaturated/α-hetero) is 1. The van der Waals surface area contributed by atoms with E-state index in [0.29, 0.717) is 85.0 Å². The van der Waals surface area contributed by atoms with Crippen LogP contribution in [0, 0.1) is 49.2 Å². The van der Waals surface area contributed by atoms with Crippen molar-refractivity contribution in [2.24, 2.45) is 64.5 Å². The quantitative estimate of drug-likeness (QED) is 0.0581. The van der Waals surface area contributed by atoms with Crippen molar-refractivity contribution in [3.8, 4) is 0 Å². The van der Waals surface area contributed by atoms with Crippen LogP contribution in [0.1, 0.15) is 309 Å². The smallest absolute Gasteiger partial charge is 0.222 e. The van der Waals surface area contributed by atoms with Crippen LogP contribution in [0.15, 0.2) is 15.2 Å². The van der Waals surface area contributed by atoms with Gasteiger partial charge in [0.1, 0.15) is 17.7 Å². The van der Waals surface area contributed by atoms with Crippen LogP contribution in [0.4, 0.5) is 0 Å². The predicted octanol–water partition coefficient (Wildman–Crippen LogP) is 16.4. The van der Waals surface area contributed by atoms with Gasteiger partial charge in [0, 0.05) is 51.3 Å². The van der Waals surface area contributed by atoms with E-state index in [0.717, 1.165) is 57.9 Å². The average Bonchev–Trinajstić information content (AvgIpc) is 3.91. The summed E-state index contributed by atoms with van der Waals surface area (Å²) < 4.78 is 0. The Labute approximate surface area is 502 Å². The number of aliphatic hydroxyl groups excluding tert-OH is 7. The molecular formula is C68H142N4O9. The first-order valence-corrected chi connectivity index (χ1v) is 31.7. The topological polar surface area (TPSA) is 216 Å². The third kappa shape index (κ3) is 62.5. The fourth-order valence-electron chi connectivity index (χ4n) is 8.70. The Morgan fingerprint density at radius 2 is 0.975 bits per heavy atom. The summed E-state index contributed by atoms with van der Waals surface area (Å²) in [5, 5.41) is 73.5. The molecule has 0 aromatic carbocycles. The molecule has 1 fully saturated rings. The van der Waals surface area contributed by atoms with Gasteiger partial charge < -0.3 is 40.6 Å². The third-order valence-corrected chi connectivity index (χ3v) is 13.6. The van der Waals surface area contributed by atoms with Gasteiger partial charge in [-0.2, -0.15) is 5.11 Å². The molecule has 13 heteroatoms. The van der Waals surface area contributed by atoms with Crippen LogP contribution in [0.5, 0.6) is 0 Å². The van der Waals surface area contributed by atoms with E-state index in [4.69, 9.17) is 0 Å². The van der Waals surface area contributed by atoms with E-state index < -0.39 is 18.3 Å². The van der Waals surface area contributed by atoms with Gasteiger partial charge in [0.25, 0.3) is 0 Å². The molecule has 1 saturated heterocycles.